The largest absolute Gasteiger partial charge is 0.486 e. The van der Waals surface area contributed by atoms with Gasteiger partial charge in [0.2, 0.25) is 0 Å². The molecule has 4 rings (SSSR count). The summed E-state index contributed by atoms with van der Waals surface area (Å²) in [5.41, 5.74) is 1.02. The van der Waals surface area contributed by atoms with Crippen molar-refractivity contribution in [2.45, 2.75) is 19.5 Å². The smallest absolute Gasteiger partial charge is 0.317 e. The summed E-state index contributed by atoms with van der Waals surface area (Å²) in [6.45, 7) is 7.44. The van der Waals surface area contributed by atoms with Gasteiger partial charge >= 0.3 is 6.03 Å². The molecule has 0 aliphatic carbocycles. The van der Waals surface area contributed by atoms with Gasteiger partial charge in [-0.2, -0.15) is 0 Å². The van der Waals surface area contributed by atoms with Crippen LogP contribution in [0.1, 0.15) is 23.4 Å². The van der Waals surface area contributed by atoms with Gasteiger partial charge in [0, 0.05) is 37.6 Å². The highest BCUT2D eigenvalue weighted by molar-refractivity contribution is 7.09. The zero-order chi connectivity index (χ0) is 18.6. The number of benzene rings is 1. The molecule has 1 aromatic heterocycles. The van der Waals surface area contributed by atoms with Crippen LogP contribution in [-0.2, 0) is 6.54 Å². The van der Waals surface area contributed by atoms with Crippen molar-refractivity contribution in [2.75, 3.05) is 39.4 Å². The van der Waals surface area contributed by atoms with Crippen LogP contribution in [0.3, 0.4) is 0 Å². The van der Waals surface area contributed by atoms with Crippen LogP contribution in [0.4, 0.5) is 4.79 Å². The molecule has 0 radical (unpaired) electrons. The van der Waals surface area contributed by atoms with Crippen LogP contribution in [0.5, 0.6) is 11.5 Å². The fourth-order valence-electron chi connectivity index (χ4n) is 3.42. The van der Waals surface area contributed by atoms with E-state index in [1.807, 2.05) is 30.0 Å². The summed E-state index contributed by atoms with van der Waals surface area (Å²) in [6.07, 6.45) is 0. The van der Waals surface area contributed by atoms with Crippen molar-refractivity contribution >= 4 is 17.4 Å². The summed E-state index contributed by atoms with van der Waals surface area (Å²) in [4.78, 5) is 18.3. The number of hydrogen-bond acceptors (Lipinski definition) is 5. The van der Waals surface area contributed by atoms with Crippen LogP contribution >= 0.6 is 11.3 Å². The molecule has 1 atom stereocenters. The van der Waals surface area contributed by atoms with E-state index >= 15 is 0 Å². The molecule has 1 unspecified atom stereocenters. The Kier molecular flexibility index (Phi) is 5.50. The van der Waals surface area contributed by atoms with E-state index in [-0.39, 0.29) is 12.1 Å². The minimum Gasteiger partial charge on any atom is -0.486 e. The SMILES string of the molecule is CC(NC(=O)N1CCN(Cc2cccs2)CC1)c1ccc2c(c1)OCCO2. The Morgan fingerprint density at radius 2 is 1.93 bits per heavy atom. The Bertz CT molecular complexity index is 773. The summed E-state index contributed by atoms with van der Waals surface area (Å²) < 4.78 is 11.2. The van der Waals surface area contributed by atoms with Gasteiger partial charge in [-0.3, -0.25) is 4.90 Å². The van der Waals surface area contributed by atoms with Crippen molar-refractivity contribution in [3.63, 3.8) is 0 Å². The molecule has 6 nitrogen and oxygen atoms in total. The zero-order valence-electron chi connectivity index (χ0n) is 15.5. The van der Waals surface area contributed by atoms with Crippen molar-refractivity contribution in [2.24, 2.45) is 0 Å². The Morgan fingerprint density at radius 3 is 2.67 bits per heavy atom. The highest BCUT2D eigenvalue weighted by atomic mass is 32.1. The number of urea groups is 1. The molecule has 2 amide bonds. The van der Waals surface area contributed by atoms with Crippen molar-refractivity contribution in [1.29, 1.82) is 0 Å². The van der Waals surface area contributed by atoms with Gasteiger partial charge in [0.15, 0.2) is 11.5 Å². The number of piperazine rings is 1. The van der Waals surface area contributed by atoms with E-state index in [1.54, 1.807) is 11.3 Å². The Hall–Kier alpha value is -2.25. The molecule has 1 saturated heterocycles. The lowest BCUT2D eigenvalue weighted by Gasteiger charge is -2.35. The molecule has 2 aromatic rings. The van der Waals surface area contributed by atoms with Crippen molar-refractivity contribution in [3.05, 3.63) is 46.2 Å². The van der Waals surface area contributed by atoms with E-state index in [9.17, 15) is 4.79 Å². The number of nitrogens with zero attached hydrogens (tertiary/aromatic N) is 2. The van der Waals surface area contributed by atoms with Crippen molar-refractivity contribution in [1.82, 2.24) is 15.1 Å². The second-order valence-electron chi connectivity index (χ2n) is 6.92. The number of carbonyl (C=O) groups is 1. The van der Waals surface area contributed by atoms with Crippen LogP contribution in [-0.4, -0.2) is 55.2 Å². The molecule has 2 aliphatic rings. The number of hydrogen-bond donors (Lipinski definition) is 1. The summed E-state index contributed by atoms with van der Waals surface area (Å²) in [5.74, 6) is 1.52. The van der Waals surface area contributed by atoms with Gasteiger partial charge in [-0.25, -0.2) is 4.79 Å². The van der Waals surface area contributed by atoms with Gasteiger partial charge in [0.05, 0.1) is 6.04 Å². The monoisotopic (exact) mass is 387 g/mol. The van der Waals surface area contributed by atoms with Gasteiger partial charge < -0.3 is 19.7 Å². The molecule has 0 spiro atoms. The quantitative estimate of drug-likeness (QED) is 0.876. The molecular weight excluding hydrogens is 362 g/mol. The first-order chi connectivity index (χ1) is 13.2. The topological polar surface area (TPSA) is 54.0 Å². The number of thiophene rings is 1. The van der Waals surface area contributed by atoms with E-state index in [0.717, 1.165) is 49.8 Å². The fourth-order valence-corrected chi connectivity index (χ4v) is 4.17. The second kappa shape index (κ2) is 8.19. The van der Waals surface area contributed by atoms with Crippen LogP contribution in [0.25, 0.3) is 0 Å². The summed E-state index contributed by atoms with van der Waals surface area (Å²) in [7, 11) is 0. The van der Waals surface area contributed by atoms with Gasteiger partial charge in [-0.1, -0.05) is 12.1 Å². The van der Waals surface area contributed by atoms with Crippen molar-refractivity contribution < 1.29 is 14.3 Å². The molecular formula is C20H25N3O3S. The number of nitrogens with one attached hydrogen (secondary N) is 1. The highest BCUT2D eigenvalue weighted by Crippen LogP contribution is 2.32. The highest BCUT2D eigenvalue weighted by Gasteiger charge is 2.23. The lowest BCUT2D eigenvalue weighted by Crippen LogP contribution is -2.51. The lowest BCUT2D eigenvalue weighted by molar-refractivity contribution is 0.134. The summed E-state index contributed by atoms with van der Waals surface area (Å²) in [5, 5.41) is 5.22. The third-order valence-corrected chi connectivity index (χ3v) is 5.89. The predicted octanol–water partition coefficient (Wildman–Crippen LogP) is 3.11. The third-order valence-electron chi connectivity index (χ3n) is 5.03. The number of rotatable bonds is 4. The molecule has 3 heterocycles. The molecule has 144 valence electrons. The molecule has 0 saturated carbocycles. The molecule has 2 aliphatic heterocycles. The average Bonchev–Trinajstić information content (AvgIpc) is 3.21. The molecule has 0 bridgehead atoms. The summed E-state index contributed by atoms with van der Waals surface area (Å²) >= 11 is 1.79. The Morgan fingerprint density at radius 1 is 1.15 bits per heavy atom. The molecule has 7 heteroatoms. The molecule has 1 N–H and O–H groups in total. The van der Waals surface area contributed by atoms with Crippen LogP contribution in [0.2, 0.25) is 0 Å². The Labute approximate surface area is 163 Å². The van der Waals surface area contributed by atoms with E-state index in [4.69, 9.17) is 9.47 Å². The average molecular weight is 388 g/mol. The van der Waals surface area contributed by atoms with Gasteiger partial charge in [0.1, 0.15) is 13.2 Å². The van der Waals surface area contributed by atoms with Crippen LogP contribution < -0.4 is 14.8 Å². The third kappa shape index (κ3) is 4.36. The Balaban J connectivity index is 1.29. The first-order valence-corrected chi connectivity index (χ1v) is 10.3. The number of carbonyl (C=O) groups excluding carboxylic acids is 1. The first kappa shape index (κ1) is 18.1. The fraction of sp³-hybridized carbons (Fsp3) is 0.450. The standard InChI is InChI=1S/C20H25N3O3S/c1-15(16-4-5-18-19(13-16)26-11-10-25-18)21-20(24)23-8-6-22(7-9-23)14-17-3-2-12-27-17/h2-5,12-13,15H,6-11,14H2,1H3,(H,21,24). The maximum Gasteiger partial charge on any atom is 0.317 e. The minimum absolute atomic E-state index is 0.00633. The lowest BCUT2D eigenvalue weighted by atomic mass is 10.1. The molecule has 1 fully saturated rings. The van der Waals surface area contributed by atoms with Gasteiger partial charge in [-0.05, 0) is 36.1 Å². The van der Waals surface area contributed by atoms with E-state index in [0.29, 0.717) is 13.2 Å². The van der Waals surface area contributed by atoms with E-state index < -0.39 is 0 Å². The van der Waals surface area contributed by atoms with Crippen LogP contribution in [0, 0.1) is 0 Å². The molecule has 27 heavy (non-hydrogen) atoms. The number of fused-ring (bicyclic) bond motifs is 1. The van der Waals surface area contributed by atoms with Crippen LogP contribution in [0.15, 0.2) is 35.7 Å². The number of ether oxygens (including phenoxy) is 2. The molecule has 1 aromatic carbocycles. The van der Waals surface area contributed by atoms with Gasteiger partial charge in [0.25, 0.3) is 0 Å². The minimum atomic E-state index is -0.0857. The summed E-state index contributed by atoms with van der Waals surface area (Å²) in [6, 6.07) is 10.0. The predicted molar refractivity (Wildman–Crippen MR) is 106 cm³/mol. The number of amides is 2. The van der Waals surface area contributed by atoms with Crippen molar-refractivity contribution in [3.8, 4) is 11.5 Å². The van der Waals surface area contributed by atoms with E-state index in [2.05, 4.69) is 27.7 Å². The maximum atomic E-state index is 12.6. The normalized spacial score (nSPS) is 18.2. The van der Waals surface area contributed by atoms with E-state index in [1.165, 1.54) is 4.88 Å². The second-order valence-corrected chi connectivity index (χ2v) is 7.95. The first-order valence-electron chi connectivity index (χ1n) is 9.39. The zero-order valence-corrected chi connectivity index (χ0v) is 16.3. The maximum absolute atomic E-state index is 12.6. The van der Waals surface area contributed by atoms with Gasteiger partial charge in [-0.15, -0.1) is 11.3 Å².